The summed E-state index contributed by atoms with van der Waals surface area (Å²) in [6, 6.07) is 8.22. The van der Waals surface area contributed by atoms with Crippen LogP contribution in [0.1, 0.15) is 10.7 Å². The zero-order valence-electron chi connectivity index (χ0n) is 10.00. The predicted octanol–water partition coefficient (Wildman–Crippen LogP) is 2.05. The molecule has 92 valence electrons. The van der Waals surface area contributed by atoms with Crippen LogP contribution in [0.4, 0.5) is 0 Å². The molecule has 3 aromatic rings. The lowest BCUT2D eigenvalue weighted by Crippen LogP contribution is -2.17. The molecule has 0 aliphatic rings. The Labute approximate surface area is 108 Å². The SMILES string of the molecule is CN(Cc1cn[nH]n1)Cc1nc2ccccc2s1. The molecule has 1 N–H and O–H groups in total. The zero-order chi connectivity index (χ0) is 12.4. The van der Waals surface area contributed by atoms with E-state index in [1.807, 2.05) is 18.2 Å². The van der Waals surface area contributed by atoms with Gasteiger partial charge in [0.25, 0.3) is 0 Å². The predicted molar refractivity (Wildman–Crippen MR) is 71.2 cm³/mol. The fraction of sp³-hybridized carbons (Fsp3) is 0.250. The van der Waals surface area contributed by atoms with Crippen molar-refractivity contribution in [1.29, 1.82) is 0 Å². The Hall–Kier alpha value is -1.79. The highest BCUT2D eigenvalue weighted by Gasteiger charge is 2.08. The van der Waals surface area contributed by atoms with Crippen molar-refractivity contribution < 1.29 is 0 Å². The summed E-state index contributed by atoms with van der Waals surface area (Å²) in [6.45, 7) is 1.60. The molecule has 6 heteroatoms. The number of aromatic amines is 1. The smallest absolute Gasteiger partial charge is 0.108 e. The molecule has 0 aliphatic carbocycles. The zero-order valence-corrected chi connectivity index (χ0v) is 10.8. The molecule has 0 spiro atoms. The van der Waals surface area contributed by atoms with Gasteiger partial charge in [-0.15, -0.1) is 11.3 Å². The molecular weight excluding hydrogens is 246 g/mol. The van der Waals surface area contributed by atoms with Crippen molar-refractivity contribution in [3.05, 3.63) is 41.2 Å². The summed E-state index contributed by atoms with van der Waals surface area (Å²) < 4.78 is 1.24. The monoisotopic (exact) mass is 259 g/mol. The van der Waals surface area contributed by atoms with Gasteiger partial charge in [-0.05, 0) is 19.2 Å². The second-order valence-corrected chi connectivity index (χ2v) is 5.32. The van der Waals surface area contributed by atoms with Crippen LogP contribution in [0.2, 0.25) is 0 Å². The van der Waals surface area contributed by atoms with Crippen molar-refractivity contribution in [2.75, 3.05) is 7.05 Å². The third-order valence-corrected chi connectivity index (χ3v) is 3.66. The lowest BCUT2D eigenvalue weighted by molar-refractivity contribution is 0.314. The van der Waals surface area contributed by atoms with E-state index in [-0.39, 0.29) is 0 Å². The number of H-pyrrole nitrogens is 1. The van der Waals surface area contributed by atoms with Gasteiger partial charge in [-0.3, -0.25) is 4.90 Å². The number of fused-ring (bicyclic) bond motifs is 1. The number of hydrogen-bond acceptors (Lipinski definition) is 5. The first-order chi connectivity index (χ1) is 8.81. The molecule has 3 rings (SSSR count). The molecule has 0 radical (unpaired) electrons. The molecule has 18 heavy (non-hydrogen) atoms. The van der Waals surface area contributed by atoms with Crippen molar-refractivity contribution in [1.82, 2.24) is 25.3 Å². The van der Waals surface area contributed by atoms with Gasteiger partial charge in [0.15, 0.2) is 0 Å². The van der Waals surface area contributed by atoms with E-state index in [0.29, 0.717) is 0 Å². The van der Waals surface area contributed by atoms with Crippen molar-refractivity contribution in [3.63, 3.8) is 0 Å². The van der Waals surface area contributed by atoms with Gasteiger partial charge in [0.1, 0.15) is 5.01 Å². The van der Waals surface area contributed by atoms with Gasteiger partial charge in [0.05, 0.1) is 28.7 Å². The minimum Gasteiger partial charge on any atom is -0.294 e. The molecular formula is C12H13N5S. The fourth-order valence-corrected chi connectivity index (χ4v) is 2.90. The van der Waals surface area contributed by atoms with Gasteiger partial charge in [-0.2, -0.15) is 15.4 Å². The highest BCUT2D eigenvalue weighted by Crippen LogP contribution is 2.22. The highest BCUT2D eigenvalue weighted by molar-refractivity contribution is 7.18. The molecule has 0 unspecified atom stereocenters. The maximum absolute atomic E-state index is 4.61. The Kier molecular flexibility index (Phi) is 3.04. The van der Waals surface area contributed by atoms with Crippen molar-refractivity contribution in [2.45, 2.75) is 13.1 Å². The van der Waals surface area contributed by atoms with Crippen LogP contribution >= 0.6 is 11.3 Å². The molecule has 0 amide bonds. The minimum atomic E-state index is 0.770. The van der Waals surface area contributed by atoms with Gasteiger partial charge in [0.2, 0.25) is 0 Å². The van der Waals surface area contributed by atoms with E-state index < -0.39 is 0 Å². The maximum atomic E-state index is 4.61. The van der Waals surface area contributed by atoms with Crippen molar-refractivity contribution in [2.24, 2.45) is 0 Å². The van der Waals surface area contributed by atoms with Crippen LogP contribution in [0, 0.1) is 0 Å². The normalized spacial score (nSPS) is 11.4. The Morgan fingerprint density at radius 1 is 1.28 bits per heavy atom. The Balaban J connectivity index is 1.71. The van der Waals surface area contributed by atoms with Crippen LogP contribution in [0.25, 0.3) is 10.2 Å². The van der Waals surface area contributed by atoms with E-state index in [4.69, 9.17) is 0 Å². The van der Waals surface area contributed by atoms with E-state index >= 15 is 0 Å². The lowest BCUT2D eigenvalue weighted by atomic mass is 10.3. The largest absolute Gasteiger partial charge is 0.294 e. The van der Waals surface area contributed by atoms with Crippen LogP contribution < -0.4 is 0 Å². The summed E-state index contributed by atoms with van der Waals surface area (Å²) in [5, 5.41) is 11.6. The standard InChI is InChI=1S/C12H13N5S/c1-17(7-9-6-13-16-15-9)8-12-14-10-4-2-3-5-11(10)18-12/h2-6H,7-8H2,1H3,(H,13,15,16). The summed E-state index contributed by atoms with van der Waals surface area (Å²) in [5.74, 6) is 0. The number of nitrogens with zero attached hydrogens (tertiary/aromatic N) is 4. The number of thiazole rings is 1. The van der Waals surface area contributed by atoms with Crippen molar-refractivity contribution in [3.8, 4) is 0 Å². The van der Waals surface area contributed by atoms with E-state index in [2.05, 4.69) is 38.4 Å². The number of benzene rings is 1. The van der Waals surface area contributed by atoms with Gasteiger partial charge in [-0.25, -0.2) is 4.98 Å². The third-order valence-electron chi connectivity index (χ3n) is 2.64. The molecule has 0 saturated heterocycles. The molecule has 0 bridgehead atoms. The average Bonchev–Trinajstić information content (AvgIpc) is 2.96. The van der Waals surface area contributed by atoms with E-state index in [1.165, 1.54) is 4.70 Å². The fourth-order valence-electron chi connectivity index (χ4n) is 1.85. The molecule has 0 atom stereocenters. The average molecular weight is 259 g/mol. The van der Waals surface area contributed by atoms with E-state index in [0.717, 1.165) is 29.3 Å². The Bertz CT molecular complexity index is 598. The number of para-hydroxylation sites is 1. The van der Waals surface area contributed by atoms with E-state index in [1.54, 1.807) is 17.5 Å². The second kappa shape index (κ2) is 4.83. The summed E-state index contributed by atoms with van der Waals surface area (Å²) in [4.78, 5) is 6.79. The van der Waals surface area contributed by atoms with Crippen molar-refractivity contribution >= 4 is 21.6 Å². The molecule has 0 fully saturated rings. The molecule has 2 heterocycles. The first-order valence-electron chi connectivity index (χ1n) is 5.69. The second-order valence-electron chi connectivity index (χ2n) is 4.21. The van der Waals surface area contributed by atoms with E-state index in [9.17, 15) is 0 Å². The molecule has 1 aromatic carbocycles. The van der Waals surface area contributed by atoms with Gasteiger partial charge in [-0.1, -0.05) is 12.1 Å². The van der Waals surface area contributed by atoms with Crippen LogP contribution in [-0.2, 0) is 13.1 Å². The number of aromatic nitrogens is 4. The molecule has 0 saturated carbocycles. The third kappa shape index (κ3) is 2.39. The van der Waals surface area contributed by atoms with Gasteiger partial charge < -0.3 is 0 Å². The lowest BCUT2D eigenvalue weighted by Gasteiger charge is -2.12. The van der Waals surface area contributed by atoms with Crippen LogP contribution in [0.5, 0.6) is 0 Å². The number of nitrogens with one attached hydrogen (secondary N) is 1. The molecule has 2 aromatic heterocycles. The highest BCUT2D eigenvalue weighted by atomic mass is 32.1. The van der Waals surface area contributed by atoms with Crippen LogP contribution in [-0.4, -0.2) is 32.3 Å². The Morgan fingerprint density at radius 2 is 2.17 bits per heavy atom. The quantitative estimate of drug-likeness (QED) is 0.779. The Morgan fingerprint density at radius 3 is 2.94 bits per heavy atom. The number of hydrogen-bond donors (Lipinski definition) is 1. The van der Waals surface area contributed by atoms with Crippen LogP contribution in [0.3, 0.4) is 0 Å². The summed E-state index contributed by atoms with van der Waals surface area (Å²) in [7, 11) is 2.06. The topological polar surface area (TPSA) is 57.7 Å². The molecule has 5 nitrogen and oxygen atoms in total. The minimum absolute atomic E-state index is 0.770. The summed E-state index contributed by atoms with van der Waals surface area (Å²) in [6.07, 6.45) is 1.74. The number of rotatable bonds is 4. The summed E-state index contributed by atoms with van der Waals surface area (Å²) >= 11 is 1.74. The molecule has 0 aliphatic heterocycles. The maximum Gasteiger partial charge on any atom is 0.108 e. The first-order valence-corrected chi connectivity index (χ1v) is 6.50. The first kappa shape index (κ1) is 11.3. The van der Waals surface area contributed by atoms with Gasteiger partial charge >= 0.3 is 0 Å². The van der Waals surface area contributed by atoms with Gasteiger partial charge in [0, 0.05) is 6.54 Å². The van der Waals surface area contributed by atoms with Crippen LogP contribution in [0.15, 0.2) is 30.5 Å². The summed E-state index contributed by atoms with van der Waals surface area (Å²) in [5.41, 5.74) is 2.02.